The molecule has 58 heavy (non-hydrogen) atoms. The van der Waals surface area contributed by atoms with Crippen molar-refractivity contribution in [3.05, 3.63) is 11.6 Å². The van der Waals surface area contributed by atoms with Gasteiger partial charge < -0.3 is 75.1 Å². The molecule has 0 aromatic heterocycles. The summed E-state index contributed by atoms with van der Waals surface area (Å²) in [6.07, 6.45) is -14.6. The Hall–Kier alpha value is -1.35. The predicted octanol–water partition coefficient (Wildman–Crippen LogP) is -0.206. The Morgan fingerprint density at radius 3 is 1.81 bits per heavy atom. The Kier molecular flexibility index (Phi) is 11.5. The van der Waals surface area contributed by atoms with Gasteiger partial charge >= 0.3 is 5.97 Å². The number of aliphatic carboxylic acids is 1. The first-order chi connectivity index (χ1) is 26.9. The first-order valence-corrected chi connectivity index (χ1v) is 21.1. The molecule has 0 aromatic rings. The number of carboxylic acids is 1. The second-order valence-corrected chi connectivity index (χ2v) is 21.0. The lowest BCUT2D eigenvalue weighted by Gasteiger charge is -2.72. The van der Waals surface area contributed by atoms with Crippen LogP contribution < -0.4 is 0 Å². The third kappa shape index (κ3) is 6.25. The second kappa shape index (κ2) is 14.9. The van der Waals surface area contributed by atoms with E-state index in [2.05, 4.69) is 26.8 Å². The van der Waals surface area contributed by atoms with E-state index in [0.29, 0.717) is 32.1 Å². The van der Waals surface area contributed by atoms with E-state index in [1.165, 1.54) is 0 Å². The number of carboxylic acid groups (broad SMARTS) is 1. The summed E-state index contributed by atoms with van der Waals surface area (Å²) in [4.78, 5) is 13.8. The van der Waals surface area contributed by atoms with Gasteiger partial charge in [-0.05, 0) is 89.8 Å². The molecule has 2 aliphatic heterocycles. The number of ether oxygens (including phenoxy) is 4. The van der Waals surface area contributed by atoms with Crippen molar-refractivity contribution < 1.29 is 79.9 Å². The highest BCUT2D eigenvalue weighted by molar-refractivity contribution is 5.78. The first-order valence-electron chi connectivity index (χ1n) is 21.1. The van der Waals surface area contributed by atoms with E-state index in [-0.39, 0.29) is 24.7 Å². The number of fused-ring (bicyclic) bond motifs is 7. The third-order valence-corrected chi connectivity index (χ3v) is 17.4. The molecule has 21 atom stereocenters. The highest BCUT2D eigenvalue weighted by Gasteiger charge is 2.73. The lowest BCUT2D eigenvalue weighted by molar-refractivity contribution is -0.343. The lowest BCUT2D eigenvalue weighted by Crippen LogP contribution is -2.71. The number of aliphatic hydroxyl groups excluding tert-OH is 10. The van der Waals surface area contributed by atoms with Gasteiger partial charge in [0.1, 0.15) is 54.2 Å². The minimum Gasteiger partial charge on any atom is -0.481 e. The van der Waals surface area contributed by atoms with Crippen LogP contribution in [0.25, 0.3) is 0 Å². The number of hydrogen-bond acceptors (Lipinski definition) is 15. The zero-order chi connectivity index (χ0) is 42.9. The molecule has 2 heterocycles. The Bertz CT molecular complexity index is 1590. The molecule has 0 spiro atoms. The summed E-state index contributed by atoms with van der Waals surface area (Å²) in [5.74, 6) is -1.82. The molecule has 11 N–H and O–H groups in total. The average Bonchev–Trinajstić information content (AvgIpc) is 3.14. The van der Waals surface area contributed by atoms with Crippen LogP contribution in [0.1, 0.15) is 93.4 Å². The molecule has 0 bridgehead atoms. The minimum absolute atomic E-state index is 0.0264. The molecule has 4 saturated carbocycles. The molecule has 332 valence electrons. The Morgan fingerprint density at radius 1 is 0.724 bits per heavy atom. The zero-order valence-electron chi connectivity index (χ0n) is 34.7. The molecule has 2 unspecified atom stereocenters. The van der Waals surface area contributed by atoms with Crippen LogP contribution in [-0.4, -0.2) is 161 Å². The quantitative estimate of drug-likeness (QED) is 0.117. The largest absolute Gasteiger partial charge is 0.481 e. The second-order valence-electron chi connectivity index (χ2n) is 21.0. The number of allylic oxidation sites excluding steroid dienone is 2. The van der Waals surface area contributed by atoms with Gasteiger partial charge in [-0.3, -0.25) is 4.79 Å². The maximum Gasteiger partial charge on any atom is 0.313 e. The molecule has 5 aliphatic carbocycles. The molecule has 0 amide bonds. The van der Waals surface area contributed by atoms with Crippen LogP contribution in [0.4, 0.5) is 0 Å². The normalized spacial score (nSPS) is 54.9. The smallest absolute Gasteiger partial charge is 0.313 e. The summed E-state index contributed by atoms with van der Waals surface area (Å²) in [6, 6.07) is 0. The molecule has 2 saturated heterocycles. The van der Waals surface area contributed by atoms with Gasteiger partial charge in [-0.15, -0.1) is 0 Å². The molecular formula is C42H68O16. The van der Waals surface area contributed by atoms with Gasteiger partial charge in [0.25, 0.3) is 0 Å². The Balaban J connectivity index is 1.26. The molecule has 16 heteroatoms. The molecule has 7 aliphatic rings. The summed E-state index contributed by atoms with van der Waals surface area (Å²) in [5.41, 5.74) is -3.72. The van der Waals surface area contributed by atoms with Gasteiger partial charge in [-0.1, -0.05) is 60.1 Å². The van der Waals surface area contributed by atoms with Crippen molar-refractivity contribution in [1.29, 1.82) is 0 Å². The lowest BCUT2D eigenvalue weighted by atomic mass is 9.33. The summed E-state index contributed by atoms with van der Waals surface area (Å²) >= 11 is 0. The van der Waals surface area contributed by atoms with Crippen LogP contribution in [0.3, 0.4) is 0 Å². The average molecular weight is 829 g/mol. The van der Waals surface area contributed by atoms with Crippen LogP contribution in [0.2, 0.25) is 0 Å². The molecular weight excluding hydrogens is 760 g/mol. The van der Waals surface area contributed by atoms with Crippen LogP contribution in [-0.2, 0) is 23.7 Å². The summed E-state index contributed by atoms with van der Waals surface area (Å²) in [6.45, 7) is 13.2. The maximum atomic E-state index is 13.8. The fourth-order valence-electron chi connectivity index (χ4n) is 13.9. The van der Waals surface area contributed by atoms with Crippen LogP contribution >= 0.6 is 0 Å². The van der Waals surface area contributed by atoms with Crippen LogP contribution in [0.15, 0.2) is 11.6 Å². The maximum absolute atomic E-state index is 13.8. The van der Waals surface area contributed by atoms with E-state index < -0.39 is 143 Å². The van der Waals surface area contributed by atoms with Gasteiger partial charge in [-0.25, -0.2) is 0 Å². The van der Waals surface area contributed by atoms with Crippen molar-refractivity contribution >= 4 is 5.97 Å². The molecule has 7 rings (SSSR count). The zero-order valence-corrected chi connectivity index (χ0v) is 34.7. The predicted molar refractivity (Wildman–Crippen MR) is 202 cm³/mol. The minimum atomic E-state index is -1.76. The van der Waals surface area contributed by atoms with Crippen LogP contribution in [0.5, 0.6) is 0 Å². The van der Waals surface area contributed by atoms with E-state index in [0.717, 1.165) is 5.57 Å². The van der Waals surface area contributed by atoms with Crippen molar-refractivity contribution in [2.45, 2.75) is 179 Å². The number of aliphatic hydroxyl groups is 10. The van der Waals surface area contributed by atoms with Crippen LogP contribution in [0, 0.1) is 50.2 Å². The molecule has 6 fully saturated rings. The third-order valence-electron chi connectivity index (χ3n) is 17.4. The highest BCUT2D eigenvalue weighted by Crippen LogP contribution is 2.76. The van der Waals surface area contributed by atoms with Gasteiger partial charge in [0.15, 0.2) is 12.6 Å². The van der Waals surface area contributed by atoms with E-state index in [9.17, 15) is 61.0 Å². The highest BCUT2D eigenvalue weighted by atomic mass is 16.7. The molecule has 16 nitrogen and oxygen atoms in total. The topological polar surface area (TPSA) is 277 Å². The van der Waals surface area contributed by atoms with Crippen molar-refractivity contribution in [1.82, 2.24) is 0 Å². The van der Waals surface area contributed by atoms with Gasteiger partial charge in [0.05, 0.1) is 37.6 Å². The fraction of sp³-hybridized carbons (Fsp3) is 0.929. The van der Waals surface area contributed by atoms with Crippen molar-refractivity contribution in [2.75, 3.05) is 13.2 Å². The van der Waals surface area contributed by atoms with Crippen molar-refractivity contribution in [3.8, 4) is 0 Å². The SMILES string of the molecule is CC1(C)C[C@H]2C3=CC[C@@H]4[C@@]5(C)C[C@H](O)C(O[C@@H]6O[C@H](CO)[C@@H](O)[C@H](O)[C@H]6O)C(C)(C)[C@@H]5CC[C@@]4(C)[C@]3(C)CC(O[C@@H]3O[C@H](CO)[C@@H](O)[C@H](O)[C@H]3O)[C@@]2(C(=O)O)C[C@@H]1O. The van der Waals surface area contributed by atoms with Gasteiger partial charge in [0.2, 0.25) is 0 Å². The summed E-state index contributed by atoms with van der Waals surface area (Å²) in [7, 11) is 0. The van der Waals surface area contributed by atoms with Gasteiger partial charge in [-0.2, -0.15) is 0 Å². The van der Waals surface area contributed by atoms with E-state index >= 15 is 0 Å². The Labute approximate surface area is 339 Å². The number of rotatable bonds is 7. The monoisotopic (exact) mass is 828 g/mol. The summed E-state index contributed by atoms with van der Waals surface area (Å²) in [5, 5.41) is 119. The fourth-order valence-corrected chi connectivity index (χ4v) is 13.9. The van der Waals surface area contributed by atoms with Crippen molar-refractivity contribution in [2.24, 2.45) is 50.2 Å². The number of hydrogen-bond donors (Lipinski definition) is 11. The standard InChI is InChI=1S/C42H68O16/c1-37(2)12-19-18-8-9-24-39(5)13-20(45)33(58-35-32(52)30(50)28(48)22(17-44)56-35)38(3,4)23(39)10-11-40(24,6)41(18,7)15-26(42(19,36(53)54)14-25(37)46)57-34-31(51)29(49)27(47)21(16-43)55-34/h8,19-35,43-52H,9-17H2,1-7H3,(H,53,54)/t19-,20-,21+,22+,23-,24+,25-,26?,27+,28+,29-,30-,31+,32+,33?,34-,35-,39-,40+,41+,42+/m0/s1. The number of carbonyl (C=O) groups is 1. The van der Waals surface area contributed by atoms with E-state index in [1.807, 2.05) is 27.7 Å². The van der Waals surface area contributed by atoms with E-state index in [4.69, 9.17) is 18.9 Å². The molecule has 0 aromatic carbocycles. The Morgan fingerprint density at radius 2 is 1.28 bits per heavy atom. The van der Waals surface area contributed by atoms with Crippen molar-refractivity contribution in [3.63, 3.8) is 0 Å². The molecule has 0 radical (unpaired) electrons. The summed E-state index contributed by atoms with van der Waals surface area (Å²) < 4.78 is 24.4. The van der Waals surface area contributed by atoms with E-state index in [1.54, 1.807) is 0 Å². The first kappa shape index (κ1) is 44.7. The van der Waals surface area contributed by atoms with Gasteiger partial charge in [0, 0.05) is 0 Å².